The van der Waals surface area contributed by atoms with E-state index >= 15 is 0 Å². The van der Waals surface area contributed by atoms with Gasteiger partial charge in [0.25, 0.3) is 0 Å². The number of nitrogens with two attached hydrogens (primary N) is 1. The zero-order valence-corrected chi connectivity index (χ0v) is 17.8. The highest BCUT2D eigenvalue weighted by atomic mass is 28.3. The Kier molecular flexibility index (Phi) is 5.52. The summed E-state index contributed by atoms with van der Waals surface area (Å²) in [6, 6.07) is 8.11. The van der Waals surface area contributed by atoms with E-state index in [1.54, 1.807) is 7.11 Å². The number of carbonyl (C=O) groups is 1. The van der Waals surface area contributed by atoms with E-state index in [2.05, 4.69) is 50.9 Å². The third kappa shape index (κ3) is 4.15. The molecule has 0 amide bonds. The maximum absolute atomic E-state index is 13.3. The Morgan fingerprint density at radius 3 is 2.36 bits per heavy atom. The predicted molar refractivity (Wildman–Crippen MR) is 107 cm³/mol. The highest BCUT2D eigenvalue weighted by Crippen LogP contribution is 2.41. The number of hydrogen-bond donors (Lipinski definition) is 1. The van der Waals surface area contributed by atoms with Crippen LogP contribution in [-0.2, 0) is 11.3 Å². The summed E-state index contributed by atoms with van der Waals surface area (Å²) in [7, 11) is -0.385. The normalized spacial score (nSPS) is 25.2. The molecule has 1 aliphatic rings. The maximum Gasteiger partial charge on any atom is 0.132 e. The van der Waals surface area contributed by atoms with E-state index in [0.29, 0.717) is 5.41 Å². The molecular formula is C20H34N2O2Si. The summed E-state index contributed by atoms with van der Waals surface area (Å²) in [6.07, 6.45) is 0. The van der Waals surface area contributed by atoms with Crippen LogP contribution in [0.5, 0.6) is 5.75 Å². The molecule has 5 heteroatoms. The summed E-state index contributed by atoms with van der Waals surface area (Å²) >= 11 is 0. The average Bonchev–Trinajstić information content (AvgIpc) is 2.80. The topological polar surface area (TPSA) is 55.6 Å². The molecule has 0 spiro atoms. The standard InChI is InChI=1S/C20H34N2O2Si/c1-19(2,3)25(6,7)18(23)17-13-22(14-20(17,4)21)12-15-8-10-16(24-5)11-9-15/h8-11,17H,12-14,21H2,1-7H3. The Hall–Kier alpha value is -1.17. The minimum absolute atomic E-state index is 0.0452. The van der Waals surface area contributed by atoms with Crippen molar-refractivity contribution in [3.05, 3.63) is 29.8 Å². The van der Waals surface area contributed by atoms with E-state index < -0.39 is 13.6 Å². The van der Waals surface area contributed by atoms with Gasteiger partial charge in [-0.2, -0.15) is 0 Å². The second-order valence-electron chi connectivity index (χ2n) is 9.32. The van der Waals surface area contributed by atoms with Crippen LogP contribution in [0, 0.1) is 5.92 Å². The van der Waals surface area contributed by atoms with Crippen LogP contribution in [0.2, 0.25) is 18.1 Å². The van der Waals surface area contributed by atoms with Gasteiger partial charge in [-0.3, -0.25) is 4.90 Å². The first-order chi connectivity index (χ1) is 11.4. The highest BCUT2D eigenvalue weighted by molar-refractivity contribution is 7.06. The van der Waals surface area contributed by atoms with Crippen molar-refractivity contribution in [2.24, 2.45) is 11.7 Å². The lowest BCUT2D eigenvalue weighted by molar-refractivity contribution is -0.117. The van der Waals surface area contributed by atoms with Gasteiger partial charge in [0.1, 0.15) is 19.2 Å². The van der Waals surface area contributed by atoms with E-state index in [4.69, 9.17) is 10.5 Å². The lowest BCUT2D eigenvalue weighted by atomic mass is 9.91. The van der Waals surface area contributed by atoms with Gasteiger partial charge >= 0.3 is 0 Å². The molecule has 0 aliphatic carbocycles. The summed E-state index contributed by atoms with van der Waals surface area (Å²) in [5.41, 5.74) is 7.35. The van der Waals surface area contributed by atoms with Gasteiger partial charge in [-0.05, 0) is 29.7 Å². The SMILES string of the molecule is COc1ccc(CN2CC(C(=O)[Si](C)(C)C(C)(C)C)C(C)(N)C2)cc1. The number of rotatable bonds is 5. The van der Waals surface area contributed by atoms with E-state index in [1.807, 2.05) is 19.1 Å². The summed E-state index contributed by atoms with van der Waals surface area (Å²) in [4.78, 5) is 15.7. The first kappa shape index (κ1) is 20.1. The number of nitrogens with zero attached hydrogens (tertiary/aromatic N) is 1. The van der Waals surface area contributed by atoms with Gasteiger partial charge in [-0.15, -0.1) is 0 Å². The molecule has 25 heavy (non-hydrogen) atoms. The highest BCUT2D eigenvalue weighted by Gasteiger charge is 2.52. The zero-order chi connectivity index (χ0) is 19.0. The second-order valence-corrected chi connectivity index (χ2v) is 14.6. The number of methoxy groups -OCH3 is 1. The van der Waals surface area contributed by atoms with Crippen LogP contribution in [0.1, 0.15) is 33.3 Å². The molecule has 2 atom stereocenters. The lowest BCUT2D eigenvalue weighted by Gasteiger charge is -2.39. The van der Waals surface area contributed by atoms with Crippen LogP contribution in [0.4, 0.5) is 0 Å². The second kappa shape index (κ2) is 6.86. The van der Waals surface area contributed by atoms with Gasteiger partial charge in [0.2, 0.25) is 0 Å². The molecular weight excluding hydrogens is 328 g/mol. The molecule has 1 aromatic carbocycles. The van der Waals surface area contributed by atoms with Gasteiger partial charge in [0, 0.05) is 31.1 Å². The van der Waals surface area contributed by atoms with Gasteiger partial charge in [-0.25, -0.2) is 0 Å². The zero-order valence-electron chi connectivity index (χ0n) is 16.8. The minimum atomic E-state index is -2.06. The molecule has 0 bridgehead atoms. The van der Waals surface area contributed by atoms with Crippen molar-refractivity contribution in [3.63, 3.8) is 0 Å². The van der Waals surface area contributed by atoms with Crippen LogP contribution < -0.4 is 10.5 Å². The smallest absolute Gasteiger partial charge is 0.132 e. The van der Waals surface area contributed by atoms with Crippen LogP contribution in [0.15, 0.2) is 24.3 Å². The van der Waals surface area contributed by atoms with Crippen molar-refractivity contribution in [2.45, 2.75) is 57.9 Å². The van der Waals surface area contributed by atoms with Crippen LogP contribution in [0.25, 0.3) is 0 Å². The number of benzene rings is 1. The van der Waals surface area contributed by atoms with Crippen molar-refractivity contribution in [1.82, 2.24) is 4.90 Å². The average molecular weight is 363 g/mol. The third-order valence-electron chi connectivity index (χ3n) is 6.17. The Bertz CT molecular complexity index is 618. The van der Waals surface area contributed by atoms with E-state index in [1.165, 1.54) is 5.56 Å². The van der Waals surface area contributed by atoms with Crippen molar-refractivity contribution in [3.8, 4) is 5.75 Å². The van der Waals surface area contributed by atoms with Crippen molar-refractivity contribution < 1.29 is 9.53 Å². The fourth-order valence-electron chi connectivity index (χ4n) is 3.42. The Balaban J connectivity index is 2.13. The van der Waals surface area contributed by atoms with E-state index in [-0.39, 0.29) is 11.0 Å². The van der Waals surface area contributed by atoms with E-state index in [0.717, 1.165) is 25.4 Å². The summed E-state index contributed by atoms with van der Waals surface area (Å²) in [5, 5.41) is 0.464. The Labute approximate surface area is 153 Å². The van der Waals surface area contributed by atoms with Crippen molar-refractivity contribution in [1.29, 1.82) is 0 Å². The fourth-order valence-corrected chi connectivity index (χ4v) is 5.45. The Morgan fingerprint density at radius 2 is 1.88 bits per heavy atom. The van der Waals surface area contributed by atoms with E-state index in [9.17, 15) is 4.79 Å². The first-order valence-electron chi connectivity index (χ1n) is 9.07. The molecule has 0 saturated carbocycles. The molecule has 2 N–H and O–H groups in total. The molecule has 1 aromatic rings. The van der Waals surface area contributed by atoms with Gasteiger partial charge < -0.3 is 15.3 Å². The molecule has 1 aliphatic heterocycles. The van der Waals surface area contributed by atoms with Crippen molar-refractivity contribution >= 4 is 13.5 Å². The van der Waals surface area contributed by atoms with Crippen LogP contribution in [0.3, 0.4) is 0 Å². The monoisotopic (exact) mass is 362 g/mol. The molecule has 140 valence electrons. The van der Waals surface area contributed by atoms with Crippen LogP contribution >= 0.6 is 0 Å². The third-order valence-corrected chi connectivity index (χ3v) is 11.5. The fraction of sp³-hybridized carbons (Fsp3) is 0.650. The molecule has 2 rings (SSSR count). The van der Waals surface area contributed by atoms with Gasteiger partial charge in [-0.1, -0.05) is 46.0 Å². The lowest BCUT2D eigenvalue weighted by Crippen LogP contribution is -2.57. The molecule has 4 nitrogen and oxygen atoms in total. The summed E-state index contributed by atoms with van der Waals surface area (Å²) in [6.45, 7) is 15.3. The largest absolute Gasteiger partial charge is 0.497 e. The predicted octanol–water partition coefficient (Wildman–Crippen LogP) is 3.46. The maximum atomic E-state index is 13.3. The Morgan fingerprint density at radius 1 is 1.32 bits per heavy atom. The molecule has 1 fully saturated rings. The number of likely N-dealkylation sites (tertiary alicyclic amines) is 1. The number of hydrogen-bond acceptors (Lipinski definition) is 4. The minimum Gasteiger partial charge on any atom is -0.497 e. The van der Waals surface area contributed by atoms with Gasteiger partial charge in [0.15, 0.2) is 0 Å². The number of ether oxygens (including phenoxy) is 1. The molecule has 2 unspecified atom stereocenters. The summed E-state index contributed by atoms with van der Waals surface area (Å²) in [5.74, 6) is 0.784. The molecule has 0 radical (unpaired) electrons. The number of carbonyl (C=O) groups excluding carboxylic acids is 1. The molecule has 1 saturated heterocycles. The molecule has 0 aromatic heterocycles. The van der Waals surface area contributed by atoms with Crippen molar-refractivity contribution in [2.75, 3.05) is 20.2 Å². The quantitative estimate of drug-likeness (QED) is 0.815. The summed E-state index contributed by atoms with van der Waals surface area (Å²) < 4.78 is 5.22. The molecule has 1 heterocycles. The first-order valence-corrected chi connectivity index (χ1v) is 12.1. The van der Waals surface area contributed by atoms with Crippen LogP contribution in [-0.4, -0.2) is 44.1 Å². The van der Waals surface area contributed by atoms with Gasteiger partial charge in [0.05, 0.1) is 7.11 Å².